The summed E-state index contributed by atoms with van der Waals surface area (Å²) in [6.07, 6.45) is 1.26. The molecule has 0 radical (unpaired) electrons. The lowest BCUT2D eigenvalue weighted by molar-refractivity contribution is -0.664. The predicted molar refractivity (Wildman–Crippen MR) is 47.6 cm³/mol. The first kappa shape index (κ1) is 9.01. The molecule has 0 aliphatic carbocycles. The molecule has 0 spiro atoms. The van der Waals surface area contributed by atoms with Crippen LogP contribution in [0.4, 0.5) is 0 Å². The summed E-state index contributed by atoms with van der Waals surface area (Å²) in [6.45, 7) is 12.1. The van der Waals surface area contributed by atoms with Gasteiger partial charge in [0.1, 0.15) is 0 Å². The van der Waals surface area contributed by atoms with Gasteiger partial charge in [0, 0.05) is 18.6 Å². The molecule has 0 unspecified atom stereocenters. The zero-order chi connectivity index (χ0) is 8.32. The van der Waals surface area contributed by atoms with Crippen LogP contribution >= 0.6 is 0 Å². The summed E-state index contributed by atoms with van der Waals surface area (Å²) in [7, 11) is 0. The van der Waals surface area contributed by atoms with Crippen molar-refractivity contribution in [2.75, 3.05) is 26.2 Å². The van der Waals surface area contributed by atoms with Crippen molar-refractivity contribution in [1.29, 1.82) is 0 Å². The first-order valence-electron chi connectivity index (χ1n) is 4.73. The van der Waals surface area contributed by atoms with Crippen LogP contribution < -0.4 is 5.32 Å². The molecule has 2 nitrogen and oxygen atoms in total. The van der Waals surface area contributed by atoms with E-state index in [0.29, 0.717) is 5.54 Å². The third-order valence-corrected chi connectivity index (χ3v) is 2.93. The maximum absolute atomic E-state index is 2.60. The Morgan fingerprint density at radius 3 is 2.27 bits per heavy atom. The van der Waals surface area contributed by atoms with E-state index in [1.807, 2.05) is 0 Å². The number of hydrogen-bond donors (Lipinski definition) is 1. The lowest BCUT2D eigenvalue weighted by atomic mass is 9.98. The molecule has 2 N–H and O–H groups in total. The molecule has 0 bridgehead atoms. The van der Waals surface area contributed by atoms with Crippen molar-refractivity contribution in [1.82, 2.24) is 4.90 Å². The molecule has 0 aromatic rings. The molecule has 0 saturated carbocycles. The molecule has 0 amide bonds. The number of nitrogens with two attached hydrogens (primary N) is 1. The first-order valence-corrected chi connectivity index (χ1v) is 4.73. The SMILES string of the molecule is CCC(C)(C)N1CC[NH2+]CC1. The van der Waals surface area contributed by atoms with Gasteiger partial charge in [0.15, 0.2) is 0 Å². The molecule has 66 valence electrons. The summed E-state index contributed by atoms with van der Waals surface area (Å²) in [6, 6.07) is 0. The molecule has 1 rings (SSSR count). The van der Waals surface area contributed by atoms with E-state index in [1.165, 1.54) is 32.6 Å². The summed E-state index contributed by atoms with van der Waals surface area (Å²) in [4.78, 5) is 2.60. The molecular weight excluding hydrogens is 136 g/mol. The van der Waals surface area contributed by atoms with Crippen LogP contribution in [0, 0.1) is 0 Å². The van der Waals surface area contributed by atoms with E-state index in [1.54, 1.807) is 0 Å². The molecule has 1 fully saturated rings. The minimum atomic E-state index is 0.425. The van der Waals surface area contributed by atoms with Gasteiger partial charge >= 0.3 is 0 Å². The number of rotatable bonds is 2. The van der Waals surface area contributed by atoms with Gasteiger partial charge in [-0.15, -0.1) is 0 Å². The average Bonchev–Trinajstić information content (AvgIpc) is 2.06. The molecule has 0 aromatic heterocycles. The fraction of sp³-hybridized carbons (Fsp3) is 1.00. The largest absolute Gasteiger partial charge is 0.344 e. The summed E-state index contributed by atoms with van der Waals surface area (Å²) in [5, 5.41) is 2.41. The van der Waals surface area contributed by atoms with Gasteiger partial charge in [0.25, 0.3) is 0 Å². The minimum absolute atomic E-state index is 0.425. The van der Waals surface area contributed by atoms with E-state index < -0.39 is 0 Å². The van der Waals surface area contributed by atoms with Crippen LogP contribution in [0.1, 0.15) is 27.2 Å². The van der Waals surface area contributed by atoms with Crippen LogP contribution in [0.15, 0.2) is 0 Å². The molecule has 11 heavy (non-hydrogen) atoms. The Bertz CT molecular complexity index is 115. The smallest absolute Gasteiger partial charge is 0.0885 e. The normalized spacial score (nSPS) is 22.1. The topological polar surface area (TPSA) is 19.9 Å². The Balaban J connectivity index is 2.43. The van der Waals surface area contributed by atoms with Gasteiger partial charge in [-0.3, -0.25) is 4.90 Å². The van der Waals surface area contributed by atoms with Crippen LogP contribution in [0.2, 0.25) is 0 Å². The monoisotopic (exact) mass is 157 g/mol. The lowest BCUT2D eigenvalue weighted by Crippen LogP contribution is -2.90. The zero-order valence-corrected chi connectivity index (χ0v) is 8.06. The van der Waals surface area contributed by atoms with Gasteiger partial charge in [-0.25, -0.2) is 0 Å². The Labute approximate surface area is 70.0 Å². The number of piperazine rings is 1. The van der Waals surface area contributed by atoms with E-state index in [2.05, 4.69) is 31.0 Å². The Morgan fingerprint density at radius 2 is 1.82 bits per heavy atom. The van der Waals surface area contributed by atoms with Crippen LogP contribution in [-0.4, -0.2) is 36.6 Å². The second kappa shape index (κ2) is 3.55. The zero-order valence-electron chi connectivity index (χ0n) is 8.06. The highest BCUT2D eigenvalue weighted by Crippen LogP contribution is 2.17. The Kier molecular flexibility index (Phi) is 2.90. The number of hydrogen-bond acceptors (Lipinski definition) is 1. The third-order valence-electron chi connectivity index (χ3n) is 2.93. The van der Waals surface area contributed by atoms with Crippen molar-refractivity contribution < 1.29 is 5.32 Å². The molecule has 2 heteroatoms. The van der Waals surface area contributed by atoms with Crippen molar-refractivity contribution in [2.45, 2.75) is 32.7 Å². The standard InChI is InChI=1S/C9H20N2/c1-4-9(2,3)11-7-5-10-6-8-11/h10H,4-8H2,1-3H3/p+1. The molecule has 1 saturated heterocycles. The first-order chi connectivity index (χ1) is 5.17. The molecule has 1 heterocycles. The molecule has 0 aromatic carbocycles. The molecule has 1 aliphatic heterocycles. The Hall–Kier alpha value is -0.0800. The summed E-state index contributed by atoms with van der Waals surface area (Å²) in [5.74, 6) is 0. The highest BCUT2D eigenvalue weighted by Gasteiger charge is 2.26. The van der Waals surface area contributed by atoms with Crippen molar-refractivity contribution in [3.05, 3.63) is 0 Å². The van der Waals surface area contributed by atoms with Gasteiger partial charge in [-0.1, -0.05) is 6.92 Å². The van der Waals surface area contributed by atoms with E-state index >= 15 is 0 Å². The van der Waals surface area contributed by atoms with E-state index in [-0.39, 0.29) is 0 Å². The fourth-order valence-electron chi connectivity index (χ4n) is 1.58. The maximum atomic E-state index is 2.60. The predicted octanol–water partition coefficient (Wildman–Crippen LogP) is 0.0540. The fourth-order valence-corrected chi connectivity index (χ4v) is 1.58. The van der Waals surface area contributed by atoms with E-state index in [9.17, 15) is 0 Å². The van der Waals surface area contributed by atoms with Gasteiger partial charge < -0.3 is 5.32 Å². The highest BCUT2D eigenvalue weighted by molar-refractivity contribution is 4.80. The van der Waals surface area contributed by atoms with Crippen LogP contribution in [-0.2, 0) is 0 Å². The lowest BCUT2D eigenvalue weighted by Gasteiger charge is -2.39. The quantitative estimate of drug-likeness (QED) is 0.600. The van der Waals surface area contributed by atoms with Gasteiger partial charge in [-0.2, -0.15) is 0 Å². The van der Waals surface area contributed by atoms with Crippen molar-refractivity contribution in [3.8, 4) is 0 Å². The second-order valence-electron chi connectivity index (χ2n) is 4.02. The van der Waals surface area contributed by atoms with Crippen LogP contribution in [0.25, 0.3) is 0 Å². The van der Waals surface area contributed by atoms with E-state index in [4.69, 9.17) is 0 Å². The summed E-state index contributed by atoms with van der Waals surface area (Å²) >= 11 is 0. The molecule has 0 atom stereocenters. The van der Waals surface area contributed by atoms with Gasteiger partial charge in [-0.05, 0) is 20.3 Å². The van der Waals surface area contributed by atoms with Crippen molar-refractivity contribution >= 4 is 0 Å². The Morgan fingerprint density at radius 1 is 1.27 bits per heavy atom. The number of quaternary nitrogens is 1. The van der Waals surface area contributed by atoms with Crippen molar-refractivity contribution in [2.24, 2.45) is 0 Å². The maximum Gasteiger partial charge on any atom is 0.0885 e. The van der Waals surface area contributed by atoms with Crippen LogP contribution in [0.3, 0.4) is 0 Å². The average molecular weight is 157 g/mol. The molecule has 1 aliphatic rings. The third kappa shape index (κ3) is 2.17. The minimum Gasteiger partial charge on any atom is -0.344 e. The van der Waals surface area contributed by atoms with Gasteiger partial charge in [0.2, 0.25) is 0 Å². The summed E-state index contributed by atoms with van der Waals surface area (Å²) < 4.78 is 0. The van der Waals surface area contributed by atoms with E-state index in [0.717, 1.165) is 0 Å². The second-order valence-corrected chi connectivity index (χ2v) is 4.02. The highest BCUT2D eigenvalue weighted by atomic mass is 15.2. The van der Waals surface area contributed by atoms with Gasteiger partial charge in [0.05, 0.1) is 13.1 Å². The summed E-state index contributed by atoms with van der Waals surface area (Å²) in [5.41, 5.74) is 0.425. The van der Waals surface area contributed by atoms with Crippen molar-refractivity contribution in [3.63, 3.8) is 0 Å². The number of nitrogens with zero attached hydrogens (tertiary/aromatic N) is 1. The molecular formula is C9H21N2+. The van der Waals surface area contributed by atoms with Crippen LogP contribution in [0.5, 0.6) is 0 Å².